The molecule has 104 valence electrons. The van der Waals surface area contributed by atoms with Gasteiger partial charge in [-0.1, -0.05) is 18.0 Å². The van der Waals surface area contributed by atoms with Crippen LogP contribution in [0, 0.1) is 12.3 Å². The van der Waals surface area contributed by atoms with Crippen molar-refractivity contribution in [2.24, 2.45) is 5.41 Å². The van der Waals surface area contributed by atoms with Crippen LogP contribution in [0.25, 0.3) is 0 Å². The predicted octanol–water partition coefficient (Wildman–Crippen LogP) is 1.01. The molecule has 0 aliphatic heterocycles. The van der Waals surface area contributed by atoms with Crippen molar-refractivity contribution < 1.29 is 19.2 Å². The number of carbonyl (C=O) groups excluding carboxylic acids is 2. The van der Waals surface area contributed by atoms with Crippen LogP contribution < -0.4 is 10.4 Å². The van der Waals surface area contributed by atoms with Gasteiger partial charge >= 0.3 is 0 Å². The molecular formula is C13H17N2O4-. The number of aliphatic carboxylic acids is 1. The van der Waals surface area contributed by atoms with Gasteiger partial charge in [0.05, 0.1) is 0 Å². The van der Waals surface area contributed by atoms with Gasteiger partial charge < -0.3 is 19.7 Å². The van der Waals surface area contributed by atoms with E-state index in [1.54, 1.807) is 13.0 Å². The first kappa shape index (κ1) is 13.6. The van der Waals surface area contributed by atoms with Crippen LogP contribution in [-0.2, 0) is 9.59 Å². The summed E-state index contributed by atoms with van der Waals surface area (Å²) in [5, 5.41) is 17.1. The van der Waals surface area contributed by atoms with Gasteiger partial charge in [0.1, 0.15) is 5.76 Å². The fraction of sp³-hybridized carbons (Fsp3) is 0.615. The van der Waals surface area contributed by atoms with Crippen molar-refractivity contribution in [1.29, 1.82) is 0 Å². The summed E-state index contributed by atoms with van der Waals surface area (Å²) < 4.78 is 4.86. The molecule has 1 aromatic heterocycles. The molecule has 0 saturated heterocycles. The highest BCUT2D eigenvalue weighted by molar-refractivity contribution is 5.90. The zero-order valence-corrected chi connectivity index (χ0v) is 10.9. The maximum Gasteiger partial charge on any atom is 0.226 e. The first-order valence-electron chi connectivity index (χ1n) is 6.42. The smallest absolute Gasteiger partial charge is 0.226 e. The van der Waals surface area contributed by atoms with E-state index in [0.717, 1.165) is 25.7 Å². The highest BCUT2D eigenvalue weighted by Gasteiger charge is 2.36. The zero-order valence-electron chi connectivity index (χ0n) is 10.9. The normalized spacial score (nSPS) is 17.3. The van der Waals surface area contributed by atoms with Crippen molar-refractivity contribution in [1.82, 2.24) is 5.16 Å². The summed E-state index contributed by atoms with van der Waals surface area (Å²) in [6, 6.07) is 1.62. The van der Waals surface area contributed by atoms with E-state index in [1.165, 1.54) is 0 Å². The molecule has 0 bridgehead atoms. The first-order chi connectivity index (χ1) is 8.99. The van der Waals surface area contributed by atoms with Crippen molar-refractivity contribution >= 4 is 17.7 Å². The standard InChI is InChI=1S/C13H18N2O4/c1-9-6-10(15-19-9)14-11(16)7-13(8-12(17)18)4-2-3-5-13/h6H,2-5,7-8H2,1H3,(H,17,18)(H,14,15,16)/p-1. The number of carboxylic acids is 1. The number of amides is 1. The summed E-state index contributed by atoms with van der Waals surface area (Å²) in [6.45, 7) is 1.73. The Hall–Kier alpha value is -1.85. The maximum absolute atomic E-state index is 12.0. The quantitative estimate of drug-likeness (QED) is 0.857. The third-order valence-electron chi connectivity index (χ3n) is 3.61. The first-order valence-corrected chi connectivity index (χ1v) is 6.42. The Labute approximate surface area is 111 Å². The molecule has 0 radical (unpaired) electrons. The van der Waals surface area contributed by atoms with Gasteiger partial charge in [0.25, 0.3) is 0 Å². The lowest BCUT2D eigenvalue weighted by Gasteiger charge is -2.28. The number of nitrogens with one attached hydrogen (secondary N) is 1. The molecular weight excluding hydrogens is 248 g/mol. The summed E-state index contributed by atoms with van der Waals surface area (Å²) in [5.74, 6) is -0.340. The Kier molecular flexibility index (Phi) is 3.87. The third-order valence-corrected chi connectivity index (χ3v) is 3.61. The van der Waals surface area contributed by atoms with E-state index in [1.807, 2.05) is 0 Å². The summed E-state index contributed by atoms with van der Waals surface area (Å²) in [7, 11) is 0. The van der Waals surface area contributed by atoms with Gasteiger partial charge in [0, 0.05) is 18.5 Å². The molecule has 0 aromatic carbocycles. The SMILES string of the molecule is Cc1cc(NC(=O)CC2(CC(=O)[O-])CCCC2)no1. The third kappa shape index (κ3) is 3.56. The van der Waals surface area contributed by atoms with Crippen LogP contribution in [0.4, 0.5) is 5.82 Å². The molecule has 19 heavy (non-hydrogen) atoms. The zero-order chi connectivity index (χ0) is 13.9. The van der Waals surface area contributed by atoms with Crippen molar-refractivity contribution in [3.05, 3.63) is 11.8 Å². The minimum absolute atomic E-state index is 0.0573. The number of aryl methyl sites for hydroxylation is 1. The van der Waals surface area contributed by atoms with Crippen molar-refractivity contribution in [3.63, 3.8) is 0 Å². The summed E-state index contributed by atoms with van der Waals surface area (Å²) in [6.07, 6.45) is 3.57. The van der Waals surface area contributed by atoms with E-state index in [4.69, 9.17) is 4.52 Å². The molecule has 1 heterocycles. The number of hydrogen-bond acceptors (Lipinski definition) is 5. The van der Waals surface area contributed by atoms with Crippen molar-refractivity contribution in [2.75, 3.05) is 5.32 Å². The number of carbonyl (C=O) groups is 2. The van der Waals surface area contributed by atoms with E-state index >= 15 is 0 Å². The average molecular weight is 265 g/mol. The minimum atomic E-state index is -1.09. The van der Waals surface area contributed by atoms with Crippen LogP contribution >= 0.6 is 0 Å². The van der Waals surface area contributed by atoms with Gasteiger partial charge in [-0.2, -0.15) is 0 Å². The Morgan fingerprint density at radius 3 is 2.63 bits per heavy atom. The Morgan fingerprint density at radius 1 is 1.42 bits per heavy atom. The second-order valence-electron chi connectivity index (χ2n) is 5.30. The van der Waals surface area contributed by atoms with Gasteiger partial charge in [-0.05, 0) is 31.6 Å². The van der Waals surface area contributed by atoms with Gasteiger partial charge in [-0.25, -0.2) is 0 Å². The predicted molar refractivity (Wildman–Crippen MR) is 65.0 cm³/mol. The van der Waals surface area contributed by atoms with Crippen molar-refractivity contribution in [2.45, 2.75) is 45.4 Å². The molecule has 6 heteroatoms. The lowest BCUT2D eigenvalue weighted by atomic mass is 9.79. The highest BCUT2D eigenvalue weighted by atomic mass is 16.5. The van der Waals surface area contributed by atoms with E-state index < -0.39 is 11.4 Å². The number of nitrogens with zero attached hydrogens (tertiary/aromatic N) is 1. The monoisotopic (exact) mass is 265 g/mol. The largest absolute Gasteiger partial charge is 0.550 e. The molecule has 1 saturated carbocycles. The van der Waals surface area contributed by atoms with Crippen LogP contribution in [0.15, 0.2) is 10.6 Å². The maximum atomic E-state index is 12.0. The number of carboxylic acid groups (broad SMARTS) is 1. The molecule has 6 nitrogen and oxygen atoms in total. The fourth-order valence-corrected chi connectivity index (χ4v) is 2.80. The Bertz CT molecular complexity index is 475. The van der Waals surface area contributed by atoms with Gasteiger partial charge in [0.2, 0.25) is 5.91 Å². The van der Waals surface area contributed by atoms with E-state index in [9.17, 15) is 14.7 Å². The second kappa shape index (κ2) is 5.42. The van der Waals surface area contributed by atoms with Crippen LogP contribution in [-0.4, -0.2) is 17.0 Å². The number of aromatic nitrogens is 1. The van der Waals surface area contributed by atoms with E-state index in [2.05, 4.69) is 10.5 Å². The summed E-state index contributed by atoms with van der Waals surface area (Å²) in [5.41, 5.74) is -0.457. The minimum Gasteiger partial charge on any atom is -0.550 e. The number of rotatable bonds is 5. The molecule has 1 aliphatic carbocycles. The summed E-state index contributed by atoms with van der Waals surface area (Å²) in [4.78, 5) is 22.8. The van der Waals surface area contributed by atoms with Crippen molar-refractivity contribution in [3.8, 4) is 0 Å². The molecule has 0 unspecified atom stereocenters. The Balaban J connectivity index is 1.97. The molecule has 1 aliphatic rings. The lowest BCUT2D eigenvalue weighted by Crippen LogP contribution is -2.33. The lowest BCUT2D eigenvalue weighted by molar-refractivity contribution is -0.308. The van der Waals surface area contributed by atoms with Gasteiger partial charge in [-0.3, -0.25) is 4.79 Å². The number of anilines is 1. The fourth-order valence-electron chi connectivity index (χ4n) is 2.80. The highest BCUT2D eigenvalue weighted by Crippen LogP contribution is 2.43. The van der Waals surface area contributed by atoms with Crippen LogP contribution in [0.5, 0.6) is 0 Å². The molecule has 0 spiro atoms. The number of hydrogen-bond donors (Lipinski definition) is 1. The van der Waals surface area contributed by atoms with E-state index in [-0.39, 0.29) is 18.7 Å². The van der Waals surface area contributed by atoms with Crippen LogP contribution in [0.1, 0.15) is 44.3 Å². The molecule has 1 N–H and O–H groups in total. The molecule has 1 aromatic rings. The molecule has 0 atom stereocenters. The van der Waals surface area contributed by atoms with E-state index in [0.29, 0.717) is 11.6 Å². The van der Waals surface area contributed by atoms with Crippen LogP contribution in [0.2, 0.25) is 0 Å². The molecule has 2 rings (SSSR count). The topological polar surface area (TPSA) is 95.3 Å². The summed E-state index contributed by atoms with van der Waals surface area (Å²) >= 11 is 0. The Morgan fingerprint density at radius 2 is 2.11 bits per heavy atom. The second-order valence-corrected chi connectivity index (χ2v) is 5.30. The van der Waals surface area contributed by atoms with Gasteiger partial charge in [-0.15, -0.1) is 0 Å². The molecule has 1 amide bonds. The molecule has 1 fully saturated rings. The van der Waals surface area contributed by atoms with Gasteiger partial charge in [0.15, 0.2) is 5.82 Å². The van der Waals surface area contributed by atoms with Crippen LogP contribution in [0.3, 0.4) is 0 Å². The average Bonchev–Trinajstić information content (AvgIpc) is 2.87.